The number of halogens is 1. The average Bonchev–Trinajstić information content (AvgIpc) is 2.65. The standard InChI is InChI=1S/C19H27ClN6/c1-3-5-13-11-18(26-9-4-6-15(12-26)22-2)25-19(23-13)24-14-7-8-16(20)17(21)10-14/h7-8,10-11,15,22H,3-6,9,12,21H2,1-2H3,(H,23,24,25)/t15-/m1/s1. The molecular weight excluding hydrogens is 348 g/mol. The number of aromatic nitrogens is 2. The van der Waals surface area contributed by atoms with Crippen LogP contribution in [-0.4, -0.2) is 36.1 Å². The van der Waals surface area contributed by atoms with Crippen molar-refractivity contribution in [3.05, 3.63) is 35.0 Å². The van der Waals surface area contributed by atoms with Crippen LogP contribution >= 0.6 is 11.6 Å². The van der Waals surface area contributed by atoms with Crippen LogP contribution in [0.4, 0.5) is 23.1 Å². The molecule has 0 radical (unpaired) electrons. The van der Waals surface area contributed by atoms with E-state index in [1.165, 1.54) is 6.42 Å². The van der Waals surface area contributed by atoms with Crippen LogP contribution in [0.1, 0.15) is 31.9 Å². The fourth-order valence-electron chi connectivity index (χ4n) is 3.26. The van der Waals surface area contributed by atoms with Gasteiger partial charge in [0.25, 0.3) is 0 Å². The Bertz CT molecular complexity index is 751. The van der Waals surface area contributed by atoms with Gasteiger partial charge in [0.15, 0.2) is 0 Å². The monoisotopic (exact) mass is 374 g/mol. The Morgan fingerprint density at radius 2 is 2.15 bits per heavy atom. The van der Waals surface area contributed by atoms with E-state index in [2.05, 4.69) is 33.5 Å². The molecule has 2 heterocycles. The Morgan fingerprint density at radius 3 is 2.88 bits per heavy atom. The minimum absolute atomic E-state index is 0.501. The highest BCUT2D eigenvalue weighted by Crippen LogP contribution is 2.26. The van der Waals surface area contributed by atoms with Gasteiger partial charge in [0.2, 0.25) is 5.95 Å². The lowest BCUT2D eigenvalue weighted by molar-refractivity contribution is 0.447. The SMILES string of the molecule is CCCc1cc(N2CCC[C@@H](NC)C2)nc(Nc2ccc(Cl)c(N)c2)n1. The molecule has 0 saturated carbocycles. The average molecular weight is 375 g/mol. The third kappa shape index (κ3) is 4.56. The minimum Gasteiger partial charge on any atom is -0.397 e. The first-order chi connectivity index (χ1) is 12.6. The minimum atomic E-state index is 0.501. The molecule has 6 nitrogen and oxygen atoms in total. The highest BCUT2D eigenvalue weighted by molar-refractivity contribution is 6.33. The molecule has 0 bridgehead atoms. The van der Waals surface area contributed by atoms with Gasteiger partial charge in [-0.15, -0.1) is 0 Å². The smallest absolute Gasteiger partial charge is 0.229 e. The van der Waals surface area contributed by atoms with E-state index in [-0.39, 0.29) is 0 Å². The molecule has 0 spiro atoms. The molecule has 1 saturated heterocycles. The van der Waals surface area contributed by atoms with E-state index in [4.69, 9.17) is 22.3 Å². The maximum Gasteiger partial charge on any atom is 0.229 e. The van der Waals surface area contributed by atoms with Crippen LogP contribution in [0.15, 0.2) is 24.3 Å². The maximum absolute atomic E-state index is 6.01. The summed E-state index contributed by atoms with van der Waals surface area (Å²) in [4.78, 5) is 11.8. The highest BCUT2D eigenvalue weighted by Gasteiger charge is 2.20. The Hall–Kier alpha value is -2.05. The molecule has 1 aromatic carbocycles. The van der Waals surface area contributed by atoms with Gasteiger partial charge >= 0.3 is 0 Å². The summed E-state index contributed by atoms with van der Waals surface area (Å²) in [6, 6.07) is 8.07. The van der Waals surface area contributed by atoms with Gasteiger partial charge in [0.1, 0.15) is 5.82 Å². The molecule has 140 valence electrons. The van der Waals surface area contributed by atoms with Gasteiger partial charge in [-0.05, 0) is 44.5 Å². The number of hydrogen-bond acceptors (Lipinski definition) is 6. The zero-order valence-corrected chi connectivity index (χ0v) is 16.2. The van der Waals surface area contributed by atoms with Crippen molar-refractivity contribution in [3.63, 3.8) is 0 Å². The number of nitrogens with two attached hydrogens (primary N) is 1. The lowest BCUT2D eigenvalue weighted by atomic mass is 10.1. The molecule has 1 fully saturated rings. The molecule has 1 atom stereocenters. The molecule has 7 heteroatoms. The molecule has 0 amide bonds. The van der Waals surface area contributed by atoms with E-state index in [0.717, 1.165) is 49.6 Å². The van der Waals surface area contributed by atoms with Crippen LogP contribution in [0.5, 0.6) is 0 Å². The number of likely N-dealkylation sites (N-methyl/N-ethyl adjacent to an activating group) is 1. The summed E-state index contributed by atoms with van der Waals surface area (Å²) in [7, 11) is 2.02. The number of nitrogen functional groups attached to an aromatic ring is 1. The number of rotatable bonds is 6. The molecule has 1 aliphatic heterocycles. The van der Waals surface area contributed by atoms with Gasteiger partial charge in [-0.1, -0.05) is 24.9 Å². The normalized spacial score (nSPS) is 17.3. The summed E-state index contributed by atoms with van der Waals surface area (Å²) in [6.07, 6.45) is 4.34. The Kier molecular flexibility index (Phi) is 6.16. The number of nitrogens with one attached hydrogen (secondary N) is 2. The molecule has 1 aliphatic rings. The topological polar surface area (TPSA) is 79.1 Å². The van der Waals surface area contributed by atoms with Gasteiger partial charge < -0.3 is 21.3 Å². The van der Waals surface area contributed by atoms with Crippen molar-refractivity contribution in [2.24, 2.45) is 0 Å². The molecular formula is C19H27ClN6. The number of aryl methyl sites for hydroxylation is 1. The fourth-order valence-corrected chi connectivity index (χ4v) is 3.37. The van der Waals surface area contributed by atoms with Gasteiger partial charge in [-0.25, -0.2) is 4.98 Å². The second kappa shape index (κ2) is 8.56. The molecule has 0 aliphatic carbocycles. The summed E-state index contributed by atoms with van der Waals surface area (Å²) >= 11 is 6.01. The molecule has 1 aromatic heterocycles. The number of hydrogen-bond donors (Lipinski definition) is 3. The van der Waals surface area contributed by atoms with Crippen LogP contribution in [-0.2, 0) is 6.42 Å². The molecule has 2 aromatic rings. The van der Waals surface area contributed by atoms with Crippen molar-refractivity contribution in [2.75, 3.05) is 36.1 Å². The summed E-state index contributed by atoms with van der Waals surface area (Å²) in [5.74, 6) is 1.58. The van der Waals surface area contributed by atoms with Gasteiger partial charge in [0.05, 0.1) is 10.7 Å². The van der Waals surface area contributed by atoms with Crippen molar-refractivity contribution in [3.8, 4) is 0 Å². The fraction of sp³-hybridized carbons (Fsp3) is 0.474. The van der Waals surface area contributed by atoms with Crippen molar-refractivity contribution >= 4 is 34.7 Å². The first kappa shape index (κ1) is 18.7. The molecule has 4 N–H and O–H groups in total. The zero-order chi connectivity index (χ0) is 18.5. The Labute approximate surface area is 160 Å². The number of piperidine rings is 1. The largest absolute Gasteiger partial charge is 0.397 e. The van der Waals surface area contributed by atoms with Crippen LogP contribution in [0.25, 0.3) is 0 Å². The van der Waals surface area contributed by atoms with E-state index >= 15 is 0 Å². The predicted octanol–water partition coefficient (Wildman–Crippen LogP) is 3.60. The number of benzene rings is 1. The second-order valence-electron chi connectivity index (χ2n) is 6.73. The summed E-state index contributed by atoms with van der Waals surface area (Å²) in [6.45, 7) is 4.15. The third-order valence-corrected chi connectivity index (χ3v) is 5.02. The first-order valence-corrected chi connectivity index (χ1v) is 9.59. The van der Waals surface area contributed by atoms with Gasteiger partial charge in [-0.3, -0.25) is 0 Å². The molecule has 3 rings (SSSR count). The molecule has 26 heavy (non-hydrogen) atoms. The van der Waals surface area contributed by atoms with Crippen LogP contribution in [0.3, 0.4) is 0 Å². The second-order valence-corrected chi connectivity index (χ2v) is 7.13. The summed E-state index contributed by atoms with van der Waals surface area (Å²) < 4.78 is 0. The van der Waals surface area contributed by atoms with Crippen molar-refractivity contribution in [1.82, 2.24) is 15.3 Å². The first-order valence-electron chi connectivity index (χ1n) is 9.21. The molecule has 0 unspecified atom stereocenters. The van der Waals surface area contributed by atoms with E-state index < -0.39 is 0 Å². The van der Waals surface area contributed by atoms with E-state index in [9.17, 15) is 0 Å². The quantitative estimate of drug-likeness (QED) is 0.670. The highest BCUT2D eigenvalue weighted by atomic mass is 35.5. The van der Waals surface area contributed by atoms with Crippen LogP contribution in [0, 0.1) is 0 Å². The van der Waals surface area contributed by atoms with Crippen LogP contribution in [0.2, 0.25) is 5.02 Å². The Balaban J connectivity index is 1.86. The number of anilines is 4. The lowest BCUT2D eigenvalue weighted by Gasteiger charge is -2.33. The van der Waals surface area contributed by atoms with Crippen molar-refractivity contribution < 1.29 is 0 Å². The van der Waals surface area contributed by atoms with Gasteiger partial charge in [-0.2, -0.15) is 4.98 Å². The van der Waals surface area contributed by atoms with Crippen molar-refractivity contribution in [2.45, 2.75) is 38.6 Å². The van der Waals surface area contributed by atoms with E-state index in [1.807, 2.05) is 13.1 Å². The van der Waals surface area contributed by atoms with Gasteiger partial charge in [0, 0.05) is 36.6 Å². The maximum atomic E-state index is 6.01. The summed E-state index contributed by atoms with van der Waals surface area (Å²) in [5.41, 5.74) is 8.32. The predicted molar refractivity (Wildman–Crippen MR) is 109 cm³/mol. The third-order valence-electron chi connectivity index (χ3n) is 4.68. The van der Waals surface area contributed by atoms with Crippen LogP contribution < -0.4 is 21.3 Å². The zero-order valence-electron chi connectivity index (χ0n) is 15.4. The van der Waals surface area contributed by atoms with Crippen molar-refractivity contribution in [1.29, 1.82) is 0 Å². The lowest BCUT2D eigenvalue weighted by Crippen LogP contribution is -2.44. The number of nitrogens with zero attached hydrogens (tertiary/aromatic N) is 3. The van der Waals surface area contributed by atoms with E-state index in [1.54, 1.807) is 12.1 Å². The Morgan fingerprint density at radius 1 is 1.31 bits per heavy atom. The van der Waals surface area contributed by atoms with E-state index in [0.29, 0.717) is 22.7 Å². The summed E-state index contributed by atoms with van der Waals surface area (Å²) in [5, 5.41) is 7.20.